The van der Waals surface area contributed by atoms with Crippen LogP contribution in [0.1, 0.15) is 39.0 Å². The first kappa shape index (κ1) is 14.8. The zero-order valence-corrected chi connectivity index (χ0v) is 9.72. The molecule has 0 saturated carbocycles. The molecule has 15 heavy (non-hydrogen) atoms. The van der Waals surface area contributed by atoms with E-state index in [0.29, 0.717) is 5.75 Å². The van der Waals surface area contributed by atoms with Crippen molar-refractivity contribution in [1.82, 2.24) is 0 Å². The molecule has 0 unspecified atom stereocenters. The first-order valence-electron chi connectivity index (χ1n) is 5.16. The monoisotopic (exact) mass is 242 g/mol. The van der Waals surface area contributed by atoms with E-state index in [1.54, 1.807) is 0 Å². The second kappa shape index (κ2) is 8.02. The van der Waals surface area contributed by atoms with Gasteiger partial charge in [-0.2, -0.15) is 24.9 Å². The van der Waals surface area contributed by atoms with Gasteiger partial charge in [0.05, 0.1) is 5.75 Å². The van der Waals surface area contributed by atoms with Gasteiger partial charge in [-0.15, -0.1) is 0 Å². The van der Waals surface area contributed by atoms with Gasteiger partial charge in [-0.05, 0) is 12.2 Å². The molecule has 0 amide bonds. The van der Waals surface area contributed by atoms with Crippen LogP contribution in [-0.2, 0) is 4.79 Å². The Morgan fingerprint density at radius 3 is 2.27 bits per heavy atom. The maximum atomic E-state index is 11.8. The summed E-state index contributed by atoms with van der Waals surface area (Å²) >= 11 is 1.08. The van der Waals surface area contributed by atoms with E-state index in [-0.39, 0.29) is 0 Å². The Kier molecular flexibility index (Phi) is 7.92. The lowest BCUT2D eigenvalue weighted by molar-refractivity contribution is -0.167. The molecular formula is C10H17F3OS. The number of thioether (sulfide) groups is 1. The Morgan fingerprint density at radius 1 is 1.13 bits per heavy atom. The van der Waals surface area contributed by atoms with Crippen LogP contribution in [-0.4, -0.2) is 23.5 Å². The molecule has 0 aromatic rings. The number of ketones is 1. The highest BCUT2D eigenvalue weighted by atomic mass is 32.2. The number of carbonyl (C=O) groups excluding carboxylic acids is 1. The van der Waals surface area contributed by atoms with Crippen LogP contribution in [0.25, 0.3) is 0 Å². The number of unbranched alkanes of at least 4 members (excludes halogenated alkanes) is 4. The molecule has 0 spiro atoms. The van der Waals surface area contributed by atoms with Crippen molar-refractivity contribution in [3.05, 3.63) is 0 Å². The van der Waals surface area contributed by atoms with Crippen molar-refractivity contribution >= 4 is 17.5 Å². The maximum Gasteiger partial charge on any atom is 0.450 e. The van der Waals surface area contributed by atoms with Gasteiger partial charge in [0.25, 0.3) is 0 Å². The molecule has 0 saturated heterocycles. The van der Waals surface area contributed by atoms with Gasteiger partial charge in [0, 0.05) is 0 Å². The summed E-state index contributed by atoms with van der Waals surface area (Å²) in [5.74, 6) is -1.41. The minimum Gasteiger partial charge on any atom is -0.289 e. The van der Waals surface area contributed by atoms with Crippen LogP contribution in [0.2, 0.25) is 0 Å². The van der Waals surface area contributed by atoms with Gasteiger partial charge in [-0.25, -0.2) is 0 Å². The second-order valence-electron chi connectivity index (χ2n) is 3.39. The Balaban J connectivity index is 3.28. The van der Waals surface area contributed by atoms with Crippen LogP contribution >= 0.6 is 11.8 Å². The first-order valence-corrected chi connectivity index (χ1v) is 6.31. The average Bonchev–Trinajstić information content (AvgIpc) is 2.14. The number of hydrogen-bond donors (Lipinski definition) is 0. The largest absolute Gasteiger partial charge is 0.450 e. The lowest BCUT2D eigenvalue weighted by Crippen LogP contribution is -2.24. The minimum absolute atomic E-state index is 0.433. The summed E-state index contributed by atoms with van der Waals surface area (Å²) in [6.45, 7) is 2.11. The minimum atomic E-state index is -4.66. The second-order valence-corrected chi connectivity index (χ2v) is 4.49. The summed E-state index contributed by atoms with van der Waals surface area (Å²) in [5, 5.41) is 0. The molecule has 0 aliphatic heterocycles. The lowest BCUT2D eigenvalue weighted by atomic mass is 10.2. The van der Waals surface area contributed by atoms with Gasteiger partial charge in [0.1, 0.15) is 0 Å². The number of carbonyl (C=O) groups is 1. The summed E-state index contributed by atoms with van der Waals surface area (Å²) < 4.78 is 35.3. The Labute approximate surface area is 92.8 Å². The number of rotatable bonds is 8. The Morgan fingerprint density at radius 2 is 1.73 bits per heavy atom. The van der Waals surface area contributed by atoms with Crippen LogP contribution in [0.5, 0.6) is 0 Å². The van der Waals surface area contributed by atoms with E-state index in [9.17, 15) is 18.0 Å². The molecule has 0 aliphatic rings. The van der Waals surface area contributed by atoms with Crippen LogP contribution in [0.4, 0.5) is 13.2 Å². The third-order valence-corrected chi connectivity index (χ3v) is 2.99. The summed E-state index contributed by atoms with van der Waals surface area (Å²) in [4.78, 5) is 10.5. The maximum absolute atomic E-state index is 11.8. The molecule has 0 N–H and O–H groups in total. The summed E-state index contributed by atoms with van der Waals surface area (Å²) in [7, 11) is 0. The number of Topliss-reactive ketones (excluding diaryl/α,β-unsaturated/α-hetero) is 1. The van der Waals surface area contributed by atoms with E-state index >= 15 is 0 Å². The zero-order valence-electron chi connectivity index (χ0n) is 8.90. The van der Waals surface area contributed by atoms with Gasteiger partial charge < -0.3 is 0 Å². The van der Waals surface area contributed by atoms with E-state index in [4.69, 9.17) is 0 Å². The molecule has 0 aromatic carbocycles. The molecule has 1 nitrogen and oxygen atoms in total. The number of hydrogen-bond acceptors (Lipinski definition) is 2. The van der Waals surface area contributed by atoms with E-state index in [1.807, 2.05) is 0 Å². The fraction of sp³-hybridized carbons (Fsp3) is 0.900. The van der Waals surface area contributed by atoms with Crippen molar-refractivity contribution in [2.45, 2.75) is 45.2 Å². The third kappa shape index (κ3) is 8.78. The standard InChI is InChI=1S/C10H17F3OS/c1-2-3-4-5-6-7-15-8-9(14)10(11,12)13/h2-8H2,1H3. The lowest BCUT2D eigenvalue weighted by Gasteiger charge is -2.04. The molecule has 0 bridgehead atoms. The highest BCUT2D eigenvalue weighted by Crippen LogP contribution is 2.19. The molecule has 0 fully saturated rings. The van der Waals surface area contributed by atoms with Crippen LogP contribution in [0.3, 0.4) is 0 Å². The van der Waals surface area contributed by atoms with Crippen molar-refractivity contribution in [2.75, 3.05) is 11.5 Å². The topological polar surface area (TPSA) is 17.1 Å². The van der Waals surface area contributed by atoms with Gasteiger partial charge in [0.15, 0.2) is 0 Å². The zero-order chi connectivity index (χ0) is 11.7. The molecular weight excluding hydrogens is 225 g/mol. The third-order valence-electron chi connectivity index (χ3n) is 1.94. The Bertz CT molecular complexity index is 180. The van der Waals surface area contributed by atoms with Crippen molar-refractivity contribution < 1.29 is 18.0 Å². The van der Waals surface area contributed by atoms with Crippen molar-refractivity contribution in [2.24, 2.45) is 0 Å². The van der Waals surface area contributed by atoms with E-state index in [0.717, 1.165) is 37.4 Å². The number of alkyl halides is 3. The molecule has 0 aliphatic carbocycles. The van der Waals surface area contributed by atoms with E-state index in [1.165, 1.54) is 6.42 Å². The van der Waals surface area contributed by atoms with Crippen molar-refractivity contribution in [3.8, 4) is 0 Å². The average molecular weight is 242 g/mol. The van der Waals surface area contributed by atoms with Gasteiger partial charge in [-0.3, -0.25) is 4.79 Å². The normalized spacial score (nSPS) is 11.7. The molecule has 0 aromatic heterocycles. The van der Waals surface area contributed by atoms with E-state index < -0.39 is 17.7 Å². The van der Waals surface area contributed by atoms with Gasteiger partial charge >= 0.3 is 6.18 Å². The summed E-state index contributed by atoms with van der Waals surface area (Å²) in [6.07, 6.45) is 0.738. The predicted molar refractivity (Wildman–Crippen MR) is 57.1 cm³/mol. The molecule has 0 radical (unpaired) electrons. The highest BCUT2D eigenvalue weighted by molar-refractivity contribution is 7.99. The van der Waals surface area contributed by atoms with Gasteiger partial charge in [-0.1, -0.05) is 32.6 Å². The van der Waals surface area contributed by atoms with E-state index in [2.05, 4.69) is 6.92 Å². The highest BCUT2D eigenvalue weighted by Gasteiger charge is 2.37. The molecule has 90 valence electrons. The summed E-state index contributed by atoms with van der Waals surface area (Å²) in [6, 6.07) is 0. The first-order chi connectivity index (χ1) is 6.98. The molecule has 5 heteroatoms. The van der Waals surface area contributed by atoms with Gasteiger partial charge in [0.2, 0.25) is 5.78 Å². The smallest absolute Gasteiger partial charge is 0.289 e. The number of halogens is 3. The van der Waals surface area contributed by atoms with Crippen molar-refractivity contribution in [1.29, 1.82) is 0 Å². The Hall–Kier alpha value is -0.190. The SMILES string of the molecule is CCCCCCCSCC(=O)C(F)(F)F. The molecule has 0 heterocycles. The van der Waals surface area contributed by atoms with Crippen molar-refractivity contribution in [3.63, 3.8) is 0 Å². The van der Waals surface area contributed by atoms with Crippen LogP contribution in [0.15, 0.2) is 0 Å². The molecule has 0 rings (SSSR count). The molecule has 0 atom stereocenters. The summed E-state index contributed by atoms with van der Waals surface area (Å²) in [5.41, 5.74) is 0. The fourth-order valence-electron chi connectivity index (χ4n) is 1.05. The van der Waals surface area contributed by atoms with Crippen LogP contribution < -0.4 is 0 Å². The predicted octanol–water partition coefficient (Wildman–Crippen LogP) is 3.82. The quantitative estimate of drug-likeness (QED) is 0.602. The van der Waals surface area contributed by atoms with Crippen LogP contribution in [0, 0.1) is 0 Å². The fourth-order valence-corrected chi connectivity index (χ4v) is 1.96.